The lowest BCUT2D eigenvalue weighted by molar-refractivity contribution is -0.124. The summed E-state index contributed by atoms with van der Waals surface area (Å²) in [5.74, 6) is 0.00709. The SMILES string of the molecule is CCc1cnc(CCNC(=O)N2CCCC2C(=O)NC2CC2)s1. The van der Waals surface area contributed by atoms with E-state index >= 15 is 0 Å². The van der Waals surface area contributed by atoms with Crippen molar-refractivity contribution < 1.29 is 9.59 Å². The Hall–Kier alpha value is -1.63. The average molecular weight is 336 g/mol. The highest BCUT2D eigenvalue weighted by atomic mass is 32.1. The van der Waals surface area contributed by atoms with Crippen LogP contribution < -0.4 is 10.6 Å². The van der Waals surface area contributed by atoms with E-state index in [1.807, 2.05) is 6.20 Å². The summed E-state index contributed by atoms with van der Waals surface area (Å²) in [6.45, 7) is 3.33. The Morgan fingerprint density at radius 1 is 1.39 bits per heavy atom. The zero-order valence-corrected chi connectivity index (χ0v) is 14.3. The van der Waals surface area contributed by atoms with E-state index in [1.54, 1.807) is 16.2 Å². The predicted molar refractivity (Wildman–Crippen MR) is 89.5 cm³/mol. The number of aryl methyl sites for hydroxylation is 1. The summed E-state index contributed by atoms with van der Waals surface area (Å²) in [7, 11) is 0. The number of nitrogens with zero attached hydrogens (tertiary/aromatic N) is 2. The fraction of sp³-hybridized carbons (Fsp3) is 0.688. The van der Waals surface area contributed by atoms with Crippen molar-refractivity contribution in [3.8, 4) is 0 Å². The van der Waals surface area contributed by atoms with E-state index in [2.05, 4.69) is 22.5 Å². The van der Waals surface area contributed by atoms with Gasteiger partial charge in [-0.1, -0.05) is 6.92 Å². The van der Waals surface area contributed by atoms with Crippen LogP contribution in [0.5, 0.6) is 0 Å². The van der Waals surface area contributed by atoms with Gasteiger partial charge >= 0.3 is 6.03 Å². The topological polar surface area (TPSA) is 74.3 Å². The van der Waals surface area contributed by atoms with Crippen LogP contribution in [0.1, 0.15) is 42.5 Å². The Morgan fingerprint density at radius 3 is 2.91 bits per heavy atom. The number of aromatic nitrogens is 1. The summed E-state index contributed by atoms with van der Waals surface area (Å²) in [4.78, 5) is 31.8. The van der Waals surface area contributed by atoms with Gasteiger partial charge in [-0.15, -0.1) is 11.3 Å². The Labute approximate surface area is 140 Å². The van der Waals surface area contributed by atoms with Crippen LogP contribution in [-0.2, 0) is 17.6 Å². The van der Waals surface area contributed by atoms with Crippen molar-refractivity contribution in [2.75, 3.05) is 13.1 Å². The minimum Gasteiger partial charge on any atom is -0.352 e. The number of carbonyl (C=O) groups excluding carboxylic acids is 2. The Bertz CT molecular complexity index is 570. The molecular formula is C16H24N4O2S. The van der Waals surface area contributed by atoms with Crippen molar-refractivity contribution in [3.63, 3.8) is 0 Å². The molecule has 126 valence electrons. The molecule has 1 saturated heterocycles. The largest absolute Gasteiger partial charge is 0.352 e. The number of thiazole rings is 1. The molecule has 0 spiro atoms. The van der Waals surface area contributed by atoms with Crippen LogP contribution in [0.3, 0.4) is 0 Å². The molecular weight excluding hydrogens is 312 g/mol. The van der Waals surface area contributed by atoms with Gasteiger partial charge in [0, 0.05) is 36.6 Å². The third-order valence-corrected chi connectivity index (χ3v) is 5.51. The second-order valence-electron chi connectivity index (χ2n) is 6.19. The molecule has 1 aromatic rings. The maximum atomic E-state index is 12.3. The lowest BCUT2D eigenvalue weighted by Crippen LogP contribution is -2.50. The Morgan fingerprint density at radius 2 is 2.22 bits per heavy atom. The first kappa shape index (κ1) is 16.2. The summed E-state index contributed by atoms with van der Waals surface area (Å²) in [5, 5.41) is 6.98. The van der Waals surface area contributed by atoms with E-state index in [0.717, 1.165) is 43.5 Å². The highest BCUT2D eigenvalue weighted by Crippen LogP contribution is 2.22. The van der Waals surface area contributed by atoms with Crippen molar-refractivity contribution in [2.24, 2.45) is 0 Å². The van der Waals surface area contributed by atoms with Gasteiger partial charge in [0.2, 0.25) is 5.91 Å². The molecule has 0 bridgehead atoms. The van der Waals surface area contributed by atoms with Gasteiger partial charge in [0.15, 0.2) is 0 Å². The molecule has 3 amide bonds. The molecule has 1 unspecified atom stereocenters. The maximum absolute atomic E-state index is 12.3. The average Bonchev–Trinajstić information content (AvgIpc) is 3.06. The number of urea groups is 1. The molecule has 1 aromatic heterocycles. The summed E-state index contributed by atoms with van der Waals surface area (Å²) in [6, 6.07) is -0.0986. The van der Waals surface area contributed by atoms with Gasteiger partial charge in [0.25, 0.3) is 0 Å². The van der Waals surface area contributed by atoms with Crippen molar-refractivity contribution in [2.45, 2.75) is 57.5 Å². The van der Waals surface area contributed by atoms with Gasteiger partial charge in [0.1, 0.15) is 6.04 Å². The first-order valence-electron chi connectivity index (χ1n) is 8.45. The van der Waals surface area contributed by atoms with Crippen LogP contribution in [0.25, 0.3) is 0 Å². The fourth-order valence-electron chi connectivity index (χ4n) is 2.81. The standard InChI is InChI=1S/C16H24N4O2S/c1-2-12-10-18-14(23-12)7-8-17-16(22)20-9-3-4-13(20)15(21)19-11-5-6-11/h10-11,13H,2-9H2,1H3,(H,17,22)(H,19,21). The maximum Gasteiger partial charge on any atom is 0.318 e. The molecule has 1 atom stereocenters. The van der Waals surface area contributed by atoms with E-state index in [4.69, 9.17) is 0 Å². The molecule has 6 nitrogen and oxygen atoms in total. The Balaban J connectivity index is 1.45. The van der Waals surface area contributed by atoms with Gasteiger partial charge in [0.05, 0.1) is 5.01 Å². The van der Waals surface area contributed by atoms with Gasteiger partial charge < -0.3 is 15.5 Å². The molecule has 3 rings (SSSR count). The smallest absolute Gasteiger partial charge is 0.318 e. The number of carbonyl (C=O) groups is 2. The van der Waals surface area contributed by atoms with Crippen molar-refractivity contribution >= 4 is 23.3 Å². The van der Waals surface area contributed by atoms with Gasteiger partial charge in [-0.05, 0) is 32.1 Å². The lowest BCUT2D eigenvalue weighted by Gasteiger charge is -2.24. The Kier molecular flexibility index (Phi) is 5.15. The third-order valence-electron chi connectivity index (χ3n) is 4.31. The quantitative estimate of drug-likeness (QED) is 0.830. The molecule has 1 aliphatic carbocycles. The first-order chi connectivity index (χ1) is 11.2. The number of nitrogens with one attached hydrogen (secondary N) is 2. The van der Waals surface area contributed by atoms with Gasteiger partial charge in [-0.3, -0.25) is 4.79 Å². The van der Waals surface area contributed by atoms with E-state index in [0.29, 0.717) is 19.1 Å². The monoisotopic (exact) mass is 336 g/mol. The van der Waals surface area contributed by atoms with Crippen LogP contribution in [0, 0.1) is 0 Å². The van der Waals surface area contributed by atoms with Gasteiger partial charge in [-0.2, -0.15) is 0 Å². The zero-order chi connectivity index (χ0) is 16.2. The van der Waals surface area contributed by atoms with E-state index in [9.17, 15) is 9.59 Å². The highest BCUT2D eigenvalue weighted by Gasteiger charge is 2.36. The summed E-state index contributed by atoms with van der Waals surface area (Å²) < 4.78 is 0. The van der Waals surface area contributed by atoms with E-state index < -0.39 is 0 Å². The van der Waals surface area contributed by atoms with Crippen molar-refractivity contribution in [3.05, 3.63) is 16.1 Å². The second kappa shape index (κ2) is 7.29. The molecule has 2 N–H and O–H groups in total. The van der Waals surface area contributed by atoms with Crippen LogP contribution >= 0.6 is 11.3 Å². The van der Waals surface area contributed by atoms with Crippen LogP contribution in [0.15, 0.2) is 6.20 Å². The normalized spacial score (nSPS) is 20.6. The minimum atomic E-state index is -0.304. The lowest BCUT2D eigenvalue weighted by atomic mass is 10.2. The molecule has 2 heterocycles. The third kappa shape index (κ3) is 4.22. The van der Waals surface area contributed by atoms with Gasteiger partial charge in [-0.25, -0.2) is 9.78 Å². The zero-order valence-electron chi connectivity index (χ0n) is 13.5. The van der Waals surface area contributed by atoms with E-state index in [-0.39, 0.29) is 18.0 Å². The number of amides is 3. The predicted octanol–water partition coefficient (Wildman–Crippen LogP) is 1.70. The molecule has 1 aliphatic heterocycles. The molecule has 2 aliphatic rings. The molecule has 2 fully saturated rings. The van der Waals surface area contributed by atoms with E-state index in [1.165, 1.54) is 4.88 Å². The van der Waals surface area contributed by atoms with Crippen molar-refractivity contribution in [1.29, 1.82) is 0 Å². The minimum absolute atomic E-state index is 0.00709. The summed E-state index contributed by atoms with van der Waals surface area (Å²) in [5.41, 5.74) is 0. The molecule has 1 saturated carbocycles. The number of rotatable bonds is 6. The molecule has 0 radical (unpaired) electrons. The van der Waals surface area contributed by atoms with Crippen LogP contribution in [0.2, 0.25) is 0 Å². The van der Waals surface area contributed by atoms with Crippen LogP contribution in [0.4, 0.5) is 4.79 Å². The number of hydrogen-bond acceptors (Lipinski definition) is 4. The molecule has 7 heteroatoms. The second-order valence-corrected chi connectivity index (χ2v) is 7.39. The molecule has 23 heavy (non-hydrogen) atoms. The number of likely N-dealkylation sites (tertiary alicyclic amines) is 1. The summed E-state index contributed by atoms with van der Waals surface area (Å²) >= 11 is 1.70. The molecule has 0 aromatic carbocycles. The summed E-state index contributed by atoms with van der Waals surface area (Å²) in [6.07, 6.45) is 7.43. The highest BCUT2D eigenvalue weighted by molar-refractivity contribution is 7.11. The van der Waals surface area contributed by atoms with Crippen LogP contribution in [-0.4, -0.2) is 47.0 Å². The van der Waals surface area contributed by atoms with Crippen molar-refractivity contribution in [1.82, 2.24) is 20.5 Å². The number of hydrogen-bond donors (Lipinski definition) is 2. The fourth-order valence-corrected chi connectivity index (χ4v) is 3.67. The first-order valence-corrected chi connectivity index (χ1v) is 9.27.